The van der Waals surface area contributed by atoms with Gasteiger partial charge >= 0.3 is 0 Å². The maximum absolute atomic E-state index is 12.1. The van der Waals surface area contributed by atoms with Crippen LogP contribution in [-0.4, -0.2) is 72.2 Å². The number of β-amino-alcohol motifs (C(OH)–C–C–N with tert-alkyl or cyclic N) is 1. The molecule has 134 valence electrons. The molecular formula is C19H31N3O2. The molecule has 1 aromatic carbocycles. The lowest BCUT2D eigenvalue weighted by atomic mass is 10.1. The van der Waals surface area contributed by atoms with E-state index in [0.29, 0.717) is 19.1 Å². The third kappa shape index (κ3) is 6.59. The summed E-state index contributed by atoms with van der Waals surface area (Å²) >= 11 is 0. The molecule has 1 aromatic rings. The summed E-state index contributed by atoms with van der Waals surface area (Å²) < 4.78 is 0. The molecule has 1 amide bonds. The van der Waals surface area contributed by atoms with Crippen LogP contribution in [0.4, 0.5) is 0 Å². The van der Waals surface area contributed by atoms with Crippen LogP contribution in [0.15, 0.2) is 30.3 Å². The predicted octanol–water partition coefficient (Wildman–Crippen LogP) is 1.12. The van der Waals surface area contributed by atoms with E-state index in [1.54, 1.807) is 0 Å². The Labute approximate surface area is 145 Å². The third-order valence-electron chi connectivity index (χ3n) is 4.52. The Kier molecular flexibility index (Phi) is 7.69. The van der Waals surface area contributed by atoms with Gasteiger partial charge in [-0.05, 0) is 32.3 Å². The van der Waals surface area contributed by atoms with Gasteiger partial charge in [-0.2, -0.15) is 0 Å². The number of nitrogens with zero attached hydrogens (tertiary/aromatic N) is 2. The minimum Gasteiger partial charge on any atom is -0.392 e. The van der Waals surface area contributed by atoms with Crippen molar-refractivity contribution >= 4 is 5.91 Å². The van der Waals surface area contributed by atoms with Crippen LogP contribution in [0, 0.1) is 0 Å². The van der Waals surface area contributed by atoms with Crippen molar-refractivity contribution in [1.29, 1.82) is 0 Å². The first kappa shape index (κ1) is 18.9. The van der Waals surface area contributed by atoms with E-state index < -0.39 is 0 Å². The van der Waals surface area contributed by atoms with E-state index in [4.69, 9.17) is 0 Å². The predicted molar refractivity (Wildman–Crippen MR) is 96.9 cm³/mol. The van der Waals surface area contributed by atoms with E-state index >= 15 is 0 Å². The molecule has 2 atom stereocenters. The topological polar surface area (TPSA) is 55.8 Å². The highest BCUT2D eigenvalue weighted by atomic mass is 16.3. The lowest BCUT2D eigenvalue weighted by Gasteiger charge is -2.40. The van der Waals surface area contributed by atoms with Gasteiger partial charge in [0.1, 0.15) is 0 Å². The third-order valence-corrected chi connectivity index (χ3v) is 4.52. The second kappa shape index (κ2) is 9.77. The number of aliphatic hydroxyl groups excluding tert-OH is 1. The molecule has 5 nitrogen and oxygen atoms in total. The molecule has 0 unspecified atom stereocenters. The molecule has 0 aliphatic carbocycles. The standard InChI is InChI=1S/C19H31N3O2/c1-16-13-21(11-12-22(16)14-17(2)23)15-19(24)20-10-6-9-18-7-4-3-5-8-18/h3-5,7-8,16-17,23H,6,9-15H2,1-2H3,(H,20,24)/t16-,17+/m0/s1. The van der Waals surface area contributed by atoms with Crippen molar-refractivity contribution in [2.24, 2.45) is 0 Å². The number of carbonyl (C=O) groups is 1. The van der Waals surface area contributed by atoms with E-state index in [2.05, 4.69) is 34.2 Å². The van der Waals surface area contributed by atoms with Gasteiger partial charge in [0, 0.05) is 38.8 Å². The zero-order valence-corrected chi connectivity index (χ0v) is 14.9. The average molecular weight is 333 g/mol. The molecule has 0 spiro atoms. The molecule has 24 heavy (non-hydrogen) atoms. The minimum atomic E-state index is -0.299. The van der Waals surface area contributed by atoms with Gasteiger partial charge in [0.05, 0.1) is 12.6 Å². The molecule has 1 heterocycles. The molecule has 1 saturated heterocycles. The number of hydrogen-bond donors (Lipinski definition) is 2. The number of amides is 1. The minimum absolute atomic E-state index is 0.110. The lowest BCUT2D eigenvalue weighted by Crippen LogP contribution is -2.55. The van der Waals surface area contributed by atoms with E-state index in [1.807, 2.05) is 25.1 Å². The molecule has 0 radical (unpaired) electrons. The monoisotopic (exact) mass is 333 g/mol. The zero-order chi connectivity index (χ0) is 17.4. The van der Waals surface area contributed by atoms with Crippen LogP contribution in [0.3, 0.4) is 0 Å². The Bertz CT molecular complexity index is 493. The molecular weight excluding hydrogens is 302 g/mol. The van der Waals surface area contributed by atoms with Gasteiger partial charge in [-0.15, -0.1) is 0 Å². The van der Waals surface area contributed by atoms with Gasteiger partial charge in [-0.3, -0.25) is 14.6 Å². The van der Waals surface area contributed by atoms with Crippen LogP contribution in [-0.2, 0) is 11.2 Å². The van der Waals surface area contributed by atoms with Gasteiger partial charge in [0.25, 0.3) is 0 Å². The summed E-state index contributed by atoms with van der Waals surface area (Å²) in [4.78, 5) is 16.6. The number of hydrogen-bond acceptors (Lipinski definition) is 4. The van der Waals surface area contributed by atoms with E-state index in [0.717, 1.165) is 39.0 Å². The van der Waals surface area contributed by atoms with E-state index in [9.17, 15) is 9.90 Å². The molecule has 1 aliphatic heterocycles. The van der Waals surface area contributed by atoms with Crippen molar-refractivity contribution in [3.8, 4) is 0 Å². The summed E-state index contributed by atoms with van der Waals surface area (Å²) in [5.74, 6) is 0.110. The number of piperazine rings is 1. The second-order valence-electron chi connectivity index (χ2n) is 6.87. The number of nitrogens with one attached hydrogen (secondary N) is 1. The number of aryl methyl sites for hydroxylation is 1. The fourth-order valence-corrected chi connectivity index (χ4v) is 3.25. The maximum Gasteiger partial charge on any atom is 0.234 e. The quantitative estimate of drug-likeness (QED) is 0.700. The number of rotatable bonds is 8. The smallest absolute Gasteiger partial charge is 0.234 e. The summed E-state index contributed by atoms with van der Waals surface area (Å²) in [6.07, 6.45) is 1.66. The van der Waals surface area contributed by atoms with Gasteiger partial charge in [0.15, 0.2) is 0 Å². The Balaban J connectivity index is 1.61. The Morgan fingerprint density at radius 1 is 1.33 bits per heavy atom. The van der Waals surface area contributed by atoms with Crippen LogP contribution in [0.25, 0.3) is 0 Å². The first-order valence-electron chi connectivity index (χ1n) is 8.99. The van der Waals surface area contributed by atoms with E-state index in [1.165, 1.54) is 5.56 Å². The Hall–Kier alpha value is -1.43. The summed E-state index contributed by atoms with van der Waals surface area (Å²) in [5.41, 5.74) is 1.31. The highest BCUT2D eigenvalue weighted by molar-refractivity contribution is 5.78. The molecule has 5 heteroatoms. The maximum atomic E-state index is 12.1. The molecule has 0 saturated carbocycles. The van der Waals surface area contributed by atoms with Crippen LogP contribution in [0.1, 0.15) is 25.8 Å². The van der Waals surface area contributed by atoms with Crippen molar-refractivity contribution < 1.29 is 9.90 Å². The van der Waals surface area contributed by atoms with Gasteiger partial charge in [0.2, 0.25) is 5.91 Å². The fourth-order valence-electron chi connectivity index (χ4n) is 3.25. The molecule has 0 aromatic heterocycles. The van der Waals surface area contributed by atoms with Crippen LogP contribution in [0.5, 0.6) is 0 Å². The summed E-state index contributed by atoms with van der Waals surface area (Å²) in [6.45, 7) is 8.56. The van der Waals surface area contributed by atoms with Crippen LogP contribution in [0.2, 0.25) is 0 Å². The van der Waals surface area contributed by atoms with Crippen molar-refractivity contribution in [2.75, 3.05) is 39.3 Å². The summed E-state index contributed by atoms with van der Waals surface area (Å²) in [7, 11) is 0. The number of aliphatic hydroxyl groups is 1. The fraction of sp³-hybridized carbons (Fsp3) is 0.632. The largest absolute Gasteiger partial charge is 0.392 e. The zero-order valence-electron chi connectivity index (χ0n) is 14.9. The van der Waals surface area contributed by atoms with Crippen LogP contribution >= 0.6 is 0 Å². The summed E-state index contributed by atoms with van der Waals surface area (Å²) in [6, 6.07) is 10.7. The molecule has 2 N–H and O–H groups in total. The van der Waals surface area contributed by atoms with Crippen molar-refractivity contribution in [1.82, 2.24) is 15.1 Å². The Morgan fingerprint density at radius 3 is 2.75 bits per heavy atom. The normalized spacial score (nSPS) is 20.7. The van der Waals surface area contributed by atoms with Crippen LogP contribution < -0.4 is 5.32 Å². The summed E-state index contributed by atoms with van der Waals surface area (Å²) in [5, 5.41) is 12.5. The van der Waals surface area contributed by atoms with Crippen molar-refractivity contribution in [3.63, 3.8) is 0 Å². The number of carbonyl (C=O) groups excluding carboxylic acids is 1. The van der Waals surface area contributed by atoms with Crippen molar-refractivity contribution in [2.45, 2.75) is 38.8 Å². The highest BCUT2D eigenvalue weighted by Crippen LogP contribution is 2.09. The number of benzene rings is 1. The Morgan fingerprint density at radius 2 is 2.08 bits per heavy atom. The first-order chi connectivity index (χ1) is 11.5. The van der Waals surface area contributed by atoms with Gasteiger partial charge in [-0.1, -0.05) is 30.3 Å². The lowest BCUT2D eigenvalue weighted by molar-refractivity contribution is -0.123. The van der Waals surface area contributed by atoms with Crippen molar-refractivity contribution in [3.05, 3.63) is 35.9 Å². The molecule has 1 fully saturated rings. The molecule has 1 aliphatic rings. The average Bonchev–Trinajstić information content (AvgIpc) is 2.55. The first-order valence-corrected chi connectivity index (χ1v) is 8.99. The second-order valence-corrected chi connectivity index (χ2v) is 6.87. The highest BCUT2D eigenvalue weighted by Gasteiger charge is 2.25. The molecule has 2 rings (SSSR count). The van der Waals surface area contributed by atoms with E-state index in [-0.39, 0.29) is 12.0 Å². The van der Waals surface area contributed by atoms with Gasteiger partial charge in [-0.25, -0.2) is 0 Å². The van der Waals surface area contributed by atoms with Gasteiger partial charge < -0.3 is 10.4 Å². The molecule has 0 bridgehead atoms. The SMILES string of the molecule is C[C@@H](O)CN1CCN(CC(=O)NCCCc2ccccc2)C[C@@H]1C.